The van der Waals surface area contributed by atoms with E-state index in [9.17, 15) is 0 Å². The van der Waals surface area contributed by atoms with Crippen molar-refractivity contribution in [1.82, 2.24) is 4.90 Å². The zero-order chi connectivity index (χ0) is 12.1. The van der Waals surface area contributed by atoms with Crippen LogP contribution in [-0.4, -0.2) is 31.1 Å². The highest BCUT2D eigenvalue weighted by molar-refractivity contribution is 6.33. The van der Waals surface area contributed by atoms with Crippen LogP contribution in [0.3, 0.4) is 0 Å². The second-order valence-corrected chi connectivity index (χ2v) is 4.94. The molecule has 1 aromatic carbocycles. The molecule has 0 amide bonds. The normalized spacial score (nSPS) is 16.3. The van der Waals surface area contributed by atoms with Gasteiger partial charge in [0.15, 0.2) is 0 Å². The SMILES string of the molecule is Nc1c(Cl)cccc1NCCCN1CCCC1. The fraction of sp³-hybridized carbons (Fsp3) is 0.538. The van der Waals surface area contributed by atoms with Crippen molar-refractivity contribution in [2.75, 3.05) is 37.2 Å². The second kappa shape index (κ2) is 6.12. The first-order valence-electron chi connectivity index (χ1n) is 6.27. The molecule has 94 valence electrons. The Bertz CT molecular complexity index is 362. The molecule has 0 aliphatic carbocycles. The number of nitrogens with zero attached hydrogens (tertiary/aromatic N) is 1. The summed E-state index contributed by atoms with van der Waals surface area (Å²) in [4.78, 5) is 2.52. The summed E-state index contributed by atoms with van der Waals surface area (Å²) >= 11 is 5.96. The first kappa shape index (κ1) is 12.5. The topological polar surface area (TPSA) is 41.3 Å². The van der Waals surface area contributed by atoms with Crippen LogP contribution >= 0.6 is 11.6 Å². The number of para-hydroxylation sites is 1. The Balaban J connectivity index is 1.72. The molecule has 0 unspecified atom stereocenters. The van der Waals surface area contributed by atoms with E-state index in [1.54, 1.807) is 0 Å². The number of hydrogen-bond donors (Lipinski definition) is 2. The number of anilines is 2. The zero-order valence-electron chi connectivity index (χ0n) is 10.1. The lowest BCUT2D eigenvalue weighted by Gasteiger charge is -2.15. The molecule has 17 heavy (non-hydrogen) atoms. The second-order valence-electron chi connectivity index (χ2n) is 4.53. The molecule has 0 radical (unpaired) electrons. The average molecular weight is 254 g/mol. The van der Waals surface area contributed by atoms with Gasteiger partial charge in [-0.1, -0.05) is 17.7 Å². The third kappa shape index (κ3) is 3.51. The minimum atomic E-state index is 0.620. The van der Waals surface area contributed by atoms with Crippen LogP contribution in [0.15, 0.2) is 18.2 Å². The van der Waals surface area contributed by atoms with Crippen LogP contribution in [0.5, 0.6) is 0 Å². The third-order valence-corrected chi connectivity index (χ3v) is 3.55. The van der Waals surface area contributed by atoms with Crippen molar-refractivity contribution in [1.29, 1.82) is 0 Å². The first-order chi connectivity index (χ1) is 8.27. The maximum Gasteiger partial charge on any atom is 0.0739 e. The van der Waals surface area contributed by atoms with Crippen LogP contribution in [0.2, 0.25) is 5.02 Å². The number of hydrogen-bond acceptors (Lipinski definition) is 3. The maximum atomic E-state index is 5.96. The summed E-state index contributed by atoms with van der Waals surface area (Å²) in [5.41, 5.74) is 7.47. The van der Waals surface area contributed by atoms with Gasteiger partial charge in [0.1, 0.15) is 0 Å². The number of benzene rings is 1. The number of nitrogens with one attached hydrogen (secondary N) is 1. The molecule has 1 aromatic rings. The number of likely N-dealkylation sites (tertiary alicyclic amines) is 1. The van der Waals surface area contributed by atoms with Gasteiger partial charge < -0.3 is 16.0 Å². The first-order valence-corrected chi connectivity index (χ1v) is 6.65. The van der Waals surface area contributed by atoms with Crippen LogP contribution < -0.4 is 11.1 Å². The van der Waals surface area contributed by atoms with Gasteiger partial charge in [-0.3, -0.25) is 0 Å². The van der Waals surface area contributed by atoms with E-state index in [2.05, 4.69) is 10.2 Å². The molecule has 1 saturated heterocycles. The Morgan fingerprint density at radius 2 is 2.06 bits per heavy atom. The Hall–Kier alpha value is -0.930. The minimum Gasteiger partial charge on any atom is -0.396 e. The minimum absolute atomic E-state index is 0.620. The van der Waals surface area contributed by atoms with E-state index in [0.29, 0.717) is 10.7 Å². The Kier molecular flexibility index (Phi) is 4.51. The van der Waals surface area contributed by atoms with E-state index in [1.165, 1.54) is 32.5 Å². The van der Waals surface area contributed by atoms with E-state index in [1.807, 2.05) is 18.2 Å². The van der Waals surface area contributed by atoms with E-state index in [0.717, 1.165) is 18.7 Å². The van der Waals surface area contributed by atoms with Crippen LogP contribution in [0.25, 0.3) is 0 Å². The number of nitrogens with two attached hydrogens (primary N) is 1. The van der Waals surface area contributed by atoms with Gasteiger partial charge in [0, 0.05) is 6.54 Å². The van der Waals surface area contributed by atoms with Gasteiger partial charge in [0.05, 0.1) is 16.4 Å². The van der Waals surface area contributed by atoms with Gasteiger partial charge in [-0.25, -0.2) is 0 Å². The highest BCUT2D eigenvalue weighted by Crippen LogP contribution is 2.26. The summed E-state index contributed by atoms with van der Waals surface area (Å²) in [5, 5.41) is 3.96. The van der Waals surface area contributed by atoms with Gasteiger partial charge in [-0.05, 0) is 51.0 Å². The Labute approximate surface area is 108 Å². The van der Waals surface area contributed by atoms with Gasteiger partial charge >= 0.3 is 0 Å². The largest absolute Gasteiger partial charge is 0.396 e. The molecule has 0 atom stereocenters. The van der Waals surface area contributed by atoms with E-state index < -0.39 is 0 Å². The van der Waals surface area contributed by atoms with Gasteiger partial charge in [-0.2, -0.15) is 0 Å². The summed E-state index contributed by atoms with van der Waals surface area (Å²) in [7, 11) is 0. The fourth-order valence-electron chi connectivity index (χ4n) is 2.22. The molecule has 2 rings (SSSR count). The summed E-state index contributed by atoms with van der Waals surface area (Å²) in [6.45, 7) is 4.65. The van der Waals surface area contributed by atoms with Crippen molar-refractivity contribution in [2.24, 2.45) is 0 Å². The molecule has 3 N–H and O–H groups in total. The molecule has 0 bridgehead atoms. The molecule has 1 heterocycles. The van der Waals surface area contributed by atoms with Crippen molar-refractivity contribution >= 4 is 23.0 Å². The van der Waals surface area contributed by atoms with Crippen LogP contribution in [0.1, 0.15) is 19.3 Å². The predicted molar refractivity (Wildman–Crippen MR) is 74.6 cm³/mol. The Morgan fingerprint density at radius 1 is 1.29 bits per heavy atom. The van der Waals surface area contributed by atoms with Gasteiger partial charge in [-0.15, -0.1) is 0 Å². The number of nitrogen functional groups attached to an aromatic ring is 1. The van der Waals surface area contributed by atoms with Crippen LogP contribution in [-0.2, 0) is 0 Å². The lowest BCUT2D eigenvalue weighted by atomic mass is 10.2. The Morgan fingerprint density at radius 3 is 2.82 bits per heavy atom. The van der Waals surface area contributed by atoms with Crippen LogP contribution in [0, 0.1) is 0 Å². The molecule has 0 aromatic heterocycles. The lowest BCUT2D eigenvalue weighted by molar-refractivity contribution is 0.337. The molecule has 0 saturated carbocycles. The smallest absolute Gasteiger partial charge is 0.0739 e. The summed E-state index contributed by atoms with van der Waals surface area (Å²) in [6.07, 6.45) is 3.86. The van der Waals surface area contributed by atoms with Gasteiger partial charge in [0.2, 0.25) is 0 Å². The third-order valence-electron chi connectivity index (χ3n) is 3.22. The molecule has 4 heteroatoms. The van der Waals surface area contributed by atoms with E-state index in [-0.39, 0.29) is 0 Å². The maximum absolute atomic E-state index is 5.96. The highest BCUT2D eigenvalue weighted by atomic mass is 35.5. The fourth-order valence-corrected chi connectivity index (χ4v) is 2.40. The quantitative estimate of drug-likeness (QED) is 0.626. The van der Waals surface area contributed by atoms with Crippen molar-refractivity contribution in [3.63, 3.8) is 0 Å². The van der Waals surface area contributed by atoms with Crippen molar-refractivity contribution in [2.45, 2.75) is 19.3 Å². The molecule has 0 spiro atoms. The van der Waals surface area contributed by atoms with Crippen LogP contribution in [0.4, 0.5) is 11.4 Å². The highest BCUT2D eigenvalue weighted by Gasteiger charge is 2.10. The van der Waals surface area contributed by atoms with E-state index >= 15 is 0 Å². The number of halogens is 1. The summed E-state index contributed by atoms with van der Waals surface area (Å²) in [5.74, 6) is 0. The average Bonchev–Trinajstić information content (AvgIpc) is 2.83. The number of rotatable bonds is 5. The van der Waals surface area contributed by atoms with Gasteiger partial charge in [0.25, 0.3) is 0 Å². The molecule has 1 fully saturated rings. The zero-order valence-corrected chi connectivity index (χ0v) is 10.8. The lowest BCUT2D eigenvalue weighted by Crippen LogP contribution is -2.22. The summed E-state index contributed by atoms with van der Waals surface area (Å²) in [6, 6.07) is 5.70. The molecule has 1 aliphatic heterocycles. The summed E-state index contributed by atoms with van der Waals surface area (Å²) < 4.78 is 0. The van der Waals surface area contributed by atoms with Crippen molar-refractivity contribution in [3.8, 4) is 0 Å². The predicted octanol–water partition coefficient (Wildman–Crippen LogP) is 2.82. The monoisotopic (exact) mass is 253 g/mol. The van der Waals surface area contributed by atoms with Crippen molar-refractivity contribution in [3.05, 3.63) is 23.2 Å². The molecule has 3 nitrogen and oxygen atoms in total. The standard InChI is InChI=1S/C13H20ClN3/c14-11-5-3-6-12(13(11)15)16-7-4-10-17-8-1-2-9-17/h3,5-6,16H,1-2,4,7-10,15H2. The van der Waals surface area contributed by atoms with Crippen molar-refractivity contribution < 1.29 is 0 Å². The molecular formula is C13H20ClN3. The van der Waals surface area contributed by atoms with E-state index in [4.69, 9.17) is 17.3 Å². The molecule has 1 aliphatic rings. The molecular weight excluding hydrogens is 234 g/mol.